The highest BCUT2D eigenvalue weighted by Crippen LogP contribution is 2.19. The lowest BCUT2D eigenvalue weighted by molar-refractivity contribution is 0.0600. The highest BCUT2D eigenvalue weighted by molar-refractivity contribution is 8.13. The summed E-state index contributed by atoms with van der Waals surface area (Å²) in [4.78, 5) is 10.9. The fourth-order valence-corrected chi connectivity index (χ4v) is 1.84. The number of carbonyl (C=O) groups is 1. The van der Waals surface area contributed by atoms with Crippen molar-refractivity contribution >= 4 is 25.7 Å². The van der Waals surface area contributed by atoms with Crippen LogP contribution in [-0.2, 0) is 13.8 Å². The summed E-state index contributed by atoms with van der Waals surface area (Å²) < 4.78 is 26.6. The summed E-state index contributed by atoms with van der Waals surface area (Å²) in [6, 6.07) is 5.08. The predicted molar refractivity (Wildman–Crippen MR) is 55.5 cm³/mol. The molecule has 0 unspecified atom stereocenters. The van der Waals surface area contributed by atoms with E-state index < -0.39 is 15.0 Å². The first-order valence-corrected chi connectivity index (χ1v) is 6.27. The fourth-order valence-electron chi connectivity index (χ4n) is 1.04. The Morgan fingerprint density at radius 1 is 1.44 bits per heavy atom. The molecule has 84 valence electrons. The van der Waals surface area contributed by atoms with Gasteiger partial charge in [-0.25, -0.2) is 13.2 Å². The average molecular weight is 260 g/mol. The van der Waals surface area contributed by atoms with Gasteiger partial charge in [0.2, 0.25) is 0 Å². The Hall–Kier alpha value is -1.58. The Morgan fingerprint density at radius 3 is 2.50 bits per heavy atom. The fraction of sp³-hybridized carbons (Fsp3) is 0.111. The van der Waals surface area contributed by atoms with E-state index in [0.717, 1.165) is 19.2 Å². The summed E-state index contributed by atoms with van der Waals surface area (Å²) in [5.74, 6) is -0.737. The van der Waals surface area contributed by atoms with Crippen LogP contribution in [0.25, 0.3) is 0 Å². The number of hydrogen-bond donors (Lipinski definition) is 0. The molecular formula is C9H6ClNO4S. The number of rotatable bonds is 2. The van der Waals surface area contributed by atoms with E-state index in [1.165, 1.54) is 6.07 Å². The number of benzene rings is 1. The quantitative estimate of drug-likeness (QED) is 0.590. The molecule has 0 saturated carbocycles. The number of nitrogens with zero attached hydrogens (tertiary/aromatic N) is 1. The second-order valence-corrected chi connectivity index (χ2v) is 5.35. The van der Waals surface area contributed by atoms with E-state index in [2.05, 4.69) is 4.74 Å². The van der Waals surface area contributed by atoms with Crippen molar-refractivity contribution in [1.82, 2.24) is 0 Å². The van der Waals surface area contributed by atoms with Gasteiger partial charge in [0.1, 0.15) is 0 Å². The molecule has 0 amide bonds. The van der Waals surface area contributed by atoms with Gasteiger partial charge in [-0.2, -0.15) is 5.26 Å². The maximum Gasteiger partial charge on any atom is 0.337 e. The van der Waals surface area contributed by atoms with Crippen molar-refractivity contribution in [2.45, 2.75) is 4.90 Å². The highest BCUT2D eigenvalue weighted by atomic mass is 35.7. The van der Waals surface area contributed by atoms with Gasteiger partial charge in [-0.3, -0.25) is 0 Å². The van der Waals surface area contributed by atoms with Gasteiger partial charge in [0.05, 0.1) is 29.2 Å². The first-order chi connectivity index (χ1) is 7.38. The molecule has 7 heteroatoms. The van der Waals surface area contributed by atoms with E-state index in [1.807, 2.05) is 0 Å². The molecule has 0 aromatic heterocycles. The SMILES string of the molecule is COC(=O)c1cc(C#N)cc(S(=O)(=O)Cl)c1. The van der Waals surface area contributed by atoms with Crippen LogP contribution in [0.2, 0.25) is 0 Å². The second kappa shape index (κ2) is 4.51. The van der Waals surface area contributed by atoms with E-state index in [-0.39, 0.29) is 16.0 Å². The van der Waals surface area contributed by atoms with Crippen LogP contribution in [0.1, 0.15) is 15.9 Å². The smallest absolute Gasteiger partial charge is 0.337 e. The number of hydrogen-bond acceptors (Lipinski definition) is 5. The monoisotopic (exact) mass is 259 g/mol. The van der Waals surface area contributed by atoms with Crippen molar-refractivity contribution in [3.8, 4) is 6.07 Å². The van der Waals surface area contributed by atoms with Gasteiger partial charge in [0.25, 0.3) is 9.05 Å². The lowest BCUT2D eigenvalue weighted by Gasteiger charge is -2.02. The average Bonchev–Trinajstić information content (AvgIpc) is 2.26. The van der Waals surface area contributed by atoms with Gasteiger partial charge >= 0.3 is 5.97 Å². The van der Waals surface area contributed by atoms with E-state index in [0.29, 0.717) is 0 Å². The van der Waals surface area contributed by atoms with Crippen LogP contribution in [-0.4, -0.2) is 21.5 Å². The summed E-state index contributed by atoms with van der Waals surface area (Å²) in [5.41, 5.74) is -0.0251. The van der Waals surface area contributed by atoms with Crippen molar-refractivity contribution in [2.24, 2.45) is 0 Å². The molecule has 0 fully saturated rings. The van der Waals surface area contributed by atoms with Crippen molar-refractivity contribution in [2.75, 3.05) is 7.11 Å². The molecule has 0 N–H and O–H groups in total. The highest BCUT2D eigenvalue weighted by Gasteiger charge is 2.16. The van der Waals surface area contributed by atoms with Crippen molar-refractivity contribution in [1.29, 1.82) is 5.26 Å². The summed E-state index contributed by atoms with van der Waals surface area (Å²) >= 11 is 0. The molecule has 16 heavy (non-hydrogen) atoms. The Balaban J connectivity index is 3.46. The molecule has 1 rings (SSSR count). The minimum atomic E-state index is -3.99. The molecule has 1 aromatic rings. The molecule has 0 saturated heterocycles. The second-order valence-electron chi connectivity index (χ2n) is 2.79. The van der Waals surface area contributed by atoms with Crippen LogP contribution in [0.4, 0.5) is 0 Å². The van der Waals surface area contributed by atoms with E-state index in [1.54, 1.807) is 6.07 Å². The van der Waals surface area contributed by atoms with Crippen LogP contribution in [0, 0.1) is 11.3 Å². The van der Waals surface area contributed by atoms with Crippen molar-refractivity contribution < 1.29 is 17.9 Å². The van der Waals surface area contributed by atoms with Gasteiger partial charge in [-0.1, -0.05) is 0 Å². The van der Waals surface area contributed by atoms with Crippen LogP contribution < -0.4 is 0 Å². The summed E-state index contributed by atoms with van der Waals surface area (Å²) in [7, 11) is 2.28. The van der Waals surface area contributed by atoms with Crippen molar-refractivity contribution in [3.05, 3.63) is 29.3 Å². The topological polar surface area (TPSA) is 84.2 Å². The molecule has 0 atom stereocenters. The summed E-state index contributed by atoms with van der Waals surface area (Å²) in [6.45, 7) is 0. The number of methoxy groups -OCH3 is 1. The van der Waals surface area contributed by atoms with Gasteiger partial charge in [0.15, 0.2) is 0 Å². The minimum absolute atomic E-state index is 0.0159. The largest absolute Gasteiger partial charge is 0.465 e. The lowest BCUT2D eigenvalue weighted by atomic mass is 10.1. The number of carbonyl (C=O) groups excluding carboxylic acids is 1. The first-order valence-electron chi connectivity index (χ1n) is 3.96. The molecule has 5 nitrogen and oxygen atoms in total. The number of ether oxygens (including phenoxy) is 1. The zero-order valence-corrected chi connectivity index (χ0v) is 9.67. The van der Waals surface area contributed by atoms with E-state index in [4.69, 9.17) is 15.9 Å². The van der Waals surface area contributed by atoms with Gasteiger partial charge in [0, 0.05) is 10.7 Å². The maximum atomic E-state index is 11.2. The predicted octanol–water partition coefficient (Wildman–Crippen LogP) is 1.27. The molecule has 0 aliphatic carbocycles. The normalized spacial score (nSPS) is 10.6. The molecular weight excluding hydrogens is 254 g/mol. The molecule has 0 aliphatic rings. The zero-order valence-electron chi connectivity index (χ0n) is 8.10. The summed E-state index contributed by atoms with van der Waals surface area (Å²) in [5, 5.41) is 8.67. The molecule has 0 spiro atoms. The van der Waals surface area contributed by atoms with Gasteiger partial charge < -0.3 is 4.74 Å². The lowest BCUT2D eigenvalue weighted by Crippen LogP contribution is -2.03. The third kappa shape index (κ3) is 2.72. The zero-order chi connectivity index (χ0) is 12.3. The molecule has 0 radical (unpaired) electrons. The molecule has 0 bridgehead atoms. The summed E-state index contributed by atoms with van der Waals surface area (Å²) in [6.07, 6.45) is 0. The van der Waals surface area contributed by atoms with Crippen molar-refractivity contribution in [3.63, 3.8) is 0 Å². The Kier molecular flexibility index (Phi) is 3.52. The van der Waals surface area contributed by atoms with Crippen LogP contribution in [0.15, 0.2) is 23.1 Å². The third-order valence-electron chi connectivity index (χ3n) is 1.74. The van der Waals surface area contributed by atoms with E-state index in [9.17, 15) is 13.2 Å². The van der Waals surface area contributed by atoms with E-state index >= 15 is 0 Å². The molecule has 0 heterocycles. The van der Waals surface area contributed by atoms with Crippen LogP contribution in [0.5, 0.6) is 0 Å². The standard InChI is InChI=1S/C9H6ClNO4S/c1-15-9(12)7-2-6(5-11)3-8(4-7)16(10,13)14/h2-4H,1H3. The van der Waals surface area contributed by atoms with Crippen LogP contribution >= 0.6 is 10.7 Å². The minimum Gasteiger partial charge on any atom is -0.465 e. The first kappa shape index (κ1) is 12.5. The van der Waals surface area contributed by atoms with Gasteiger partial charge in [-0.05, 0) is 18.2 Å². The maximum absolute atomic E-state index is 11.2. The number of halogens is 1. The third-order valence-corrected chi connectivity index (χ3v) is 3.07. The molecule has 1 aromatic carbocycles. The van der Waals surface area contributed by atoms with Gasteiger partial charge in [-0.15, -0.1) is 0 Å². The van der Waals surface area contributed by atoms with Crippen LogP contribution in [0.3, 0.4) is 0 Å². The number of esters is 1. The number of nitriles is 1. The Labute approximate surface area is 96.6 Å². The Morgan fingerprint density at radius 2 is 2.06 bits per heavy atom. The molecule has 0 aliphatic heterocycles. The Bertz CT molecular complexity index is 574.